The van der Waals surface area contributed by atoms with Crippen molar-refractivity contribution in [3.05, 3.63) is 52.2 Å². The van der Waals surface area contributed by atoms with Crippen LogP contribution < -0.4 is 11.1 Å². The number of primary amides is 1. The Labute approximate surface area is 145 Å². The zero-order valence-corrected chi connectivity index (χ0v) is 14.7. The molecule has 0 saturated carbocycles. The fourth-order valence-electron chi connectivity index (χ4n) is 2.57. The number of unbranched alkanes of at least 4 members (excludes halogenated alkanes) is 1. The first-order valence-corrected chi connectivity index (χ1v) is 8.82. The molecule has 2 aromatic rings. The molecule has 1 heterocycles. The summed E-state index contributed by atoms with van der Waals surface area (Å²) >= 11 is 1.44. The maximum atomic E-state index is 13.1. The first-order valence-electron chi connectivity index (χ1n) is 7.88. The molecular formula is C18H22N2O3S. The van der Waals surface area contributed by atoms with Crippen LogP contribution in [0.4, 0.5) is 10.5 Å². The van der Waals surface area contributed by atoms with E-state index >= 15 is 0 Å². The smallest absolute Gasteiger partial charge is 0.405 e. The van der Waals surface area contributed by atoms with E-state index in [1.165, 1.54) is 11.3 Å². The highest BCUT2D eigenvalue weighted by molar-refractivity contribution is 7.08. The number of nitrogens with one attached hydrogen (secondary N) is 1. The Hall–Kier alpha value is -2.34. The summed E-state index contributed by atoms with van der Waals surface area (Å²) in [5, 5.41) is 6.55. The molecule has 2 amide bonds. The number of anilines is 1. The van der Waals surface area contributed by atoms with Crippen molar-refractivity contribution in [3.8, 4) is 0 Å². The van der Waals surface area contributed by atoms with E-state index in [2.05, 4.69) is 5.32 Å². The molecule has 0 aliphatic rings. The van der Waals surface area contributed by atoms with Crippen LogP contribution in [-0.4, -0.2) is 12.0 Å². The minimum atomic E-state index is -1.41. The van der Waals surface area contributed by atoms with Crippen molar-refractivity contribution in [2.75, 3.05) is 5.32 Å². The van der Waals surface area contributed by atoms with Gasteiger partial charge in [-0.3, -0.25) is 4.79 Å². The van der Waals surface area contributed by atoms with E-state index in [1.54, 1.807) is 6.07 Å². The summed E-state index contributed by atoms with van der Waals surface area (Å²) < 4.78 is 5.39. The van der Waals surface area contributed by atoms with E-state index in [9.17, 15) is 9.59 Å². The molecule has 1 aromatic heterocycles. The van der Waals surface area contributed by atoms with Crippen LogP contribution in [-0.2, 0) is 15.1 Å². The van der Waals surface area contributed by atoms with Gasteiger partial charge >= 0.3 is 6.09 Å². The average Bonchev–Trinajstić information content (AvgIpc) is 3.08. The Morgan fingerprint density at radius 3 is 2.62 bits per heavy atom. The molecule has 6 heteroatoms. The quantitative estimate of drug-likeness (QED) is 0.789. The lowest BCUT2D eigenvalue weighted by atomic mass is 9.89. The van der Waals surface area contributed by atoms with Gasteiger partial charge in [-0.2, -0.15) is 11.3 Å². The Bertz CT molecular complexity index is 700. The standard InChI is InChI=1S/C18H22N2O3S/c1-3-4-10-18(23-17(19)22,14-9-11-24-12-14)16(21)20-15-8-6-5-7-13(15)2/h5-9,11-12H,3-4,10H2,1-2H3,(H2,19,22)(H,20,21). The van der Waals surface area contributed by atoms with Crippen LogP contribution in [0.15, 0.2) is 41.1 Å². The molecular weight excluding hydrogens is 324 g/mol. The summed E-state index contributed by atoms with van der Waals surface area (Å²) in [6.07, 6.45) is 1.01. The third-order valence-electron chi connectivity index (χ3n) is 3.90. The van der Waals surface area contributed by atoms with Crippen molar-refractivity contribution in [3.63, 3.8) is 0 Å². The van der Waals surface area contributed by atoms with E-state index in [0.29, 0.717) is 17.7 Å². The first kappa shape index (κ1) is 18.0. The van der Waals surface area contributed by atoms with Gasteiger partial charge in [0.1, 0.15) is 0 Å². The van der Waals surface area contributed by atoms with Crippen molar-refractivity contribution in [1.29, 1.82) is 0 Å². The number of thiophene rings is 1. The van der Waals surface area contributed by atoms with Gasteiger partial charge in [0.2, 0.25) is 5.60 Å². The molecule has 24 heavy (non-hydrogen) atoms. The zero-order chi connectivity index (χ0) is 17.6. The second-order valence-corrected chi connectivity index (χ2v) is 6.41. The lowest BCUT2D eigenvalue weighted by molar-refractivity contribution is -0.136. The Balaban J connectivity index is 2.41. The van der Waals surface area contributed by atoms with Crippen molar-refractivity contribution in [2.45, 2.75) is 38.7 Å². The van der Waals surface area contributed by atoms with Gasteiger partial charge in [0.25, 0.3) is 5.91 Å². The molecule has 0 aliphatic carbocycles. The van der Waals surface area contributed by atoms with E-state index < -0.39 is 11.7 Å². The minimum absolute atomic E-state index is 0.376. The second kappa shape index (κ2) is 7.97. The van der Waals surface area contributed by atoms with Gasteiger partial charge in [-0.1, -0.05) is 31.5 Å². The van der Waals surface area contributed by atoms with Crippen LogP contribution in [0.5, 0.6) is 0 Å². The molecule has 0 saturated heterocycles. The topological polar surface area (TPSA) is 81.4 Å². The number of hydrogen-bond acceptors (Lipinski definition) is 4. The third kappa shape index (κ3) is 3.94. The van der Waals surface area contributed by atoms with Crippen LogP contribution in [0.25, 0.3) is 0 Å². The van der Waals surface area contributed by atoms with Crippen LogP contribution in [0.1, 0.15) is 37.3 Å². The molecule has 5 nitrogen and oxygen atoms in total. The molecule has 0 spiro atoms. The van der Waals surface area contributed by atoms with E-state index in [1.807, 2.05) is 48.9 Å². The molecule has 128 valence electrons. The average molecular weight is 346 g/mol. The predicted molar refractivity (Wildman–Crippen MR) is 96.0 cm³/mol. The number of hydrogen-bond donors (Lipinski definition) is 2. The fourth-order valence-corrected chi connectivity index (χ4v) is 3.29. The normalized spacial score (nSPS) is 13.1. The largest absolute Gasteiger partial charge is 0.428 e. The number of para-hydroxylation sites is 1. The molecule has 1 atom stereocenters. The number of aryl methyl sites for hydroxylation is 1. The number of carbonyl (C=O) groups is 2. The molecule has 1 unspecified atom stereocenters. The monoisotopic (exact) mass is 346 g/mol. The summed E-state index contributed by atoms with van der Waals surface area (Å²) in [4.78, 5) is 24.6. The summed E-state index contributed by atoms with van der Waals surface area (Å²) in [6.45, 7) is 3.92. The van der Waals surface area contributed by atoms with Gasteiger partial charge in [0, 0.05) is 17.7 Å². The minimum Gasteiger partial charge on any atom is -0.428 e. The summed E-state index contributed by atoms with van der Waals surface area (Å²) in [5.41, 5.74) is 6.13. The number of rotatable bonds is 7. The SMILES string of the molecule is CCCCC(OC(N)=O)(C(=O)Nc1ccccc1C)c1ccsc1. The summed E-state index contributed by atoms with van der Waals surface area (Å²) in [6, 6.07) is 9.25. The van der Waals surface area contributed by atoms with Gasteiger partial charge in [-0.25, -0.2) is 4.79 Å². The Morgan fingerprint density at radius 1 is 1.29 bits per heavy atom. The van der Waals surface area contributed by atoms with Crippen molar-refractivity contribution < 1.29 is 14.3 Å². The van der Waals surface area contributed by atoms with Gasteiger partial charge in [0.05, 0.1) is 0 Å². The van der Waals surface area contributed by atoms with Crippen LogP contribution in [0, 0.1) is 6.92 Å². The Kier molecular flexibility index (Phi) is 5.98. The lowest BCUT2D eigenvalue weighted by Crippen LogP contribution is -2.45. The van der Waals surface area contributed by atoms with Crippen molar-refractivity contribution in [2.24, 2.45) is 5.73 Å². The second-order valence-electron chi connectivity index (χ2n) is 5.63. The highest BCUT2D eigenvalue weighted by atomic mass is 32.1. The number of carbonyl (C=O) groups excluding carboxylic acids is 2. The highest BCUT2D eigenvalue weighted by Crippen LogP contribution is 2.35. The fraction of sp³-hybridized carbons (Fsp3) is 0.333. The summed E-state index contributed by atoms with van der Waals surface area (Å²) in [5.74, 6) is -0.387. The maximum absolute atomic E-state index is 13.1. The highest BCUT2D eigenvalue weighted by Gasteiger charge is 2.44. The van der Waals surface area contributed by atoms with Gasteiger partial charge < -0.3 is 15.8 Å². The van der Waals surface area contributed by atoms with Gasteiger partial charge in [0.15, 0.2) is 0 Å². The molecule has 0 aliphatic heterocycles. The third-order valence-corrected chi connectivity index (χ3v) is 4.59. The van der Waals surface area contributed by atoms with Crippen LogP contribution >= 0.6 is 11.3 Å². The van der Waals surface area contributed by atoms with Gasteiger partial charge in [-0.05, 0) is 41.8 Å². The zero-order valence-electron chi connectivity index (χ0n) is 13.9. The lowest BCUT2D eigenvalue weighted by Gasteiger charge is -2.31. The first-order chi connectivity index (χ1) is 11.5. The number of amides is 2. The molecule has 0 fully saturated rings. The van der Waals surface area contributed by atoms with Crippen LogP contribution in [0.2, 0.25) is 0 Å². The predicted octanol–water partition coefficient (Wildman–Crippen LogP) is 4.18. The van der Waals surface area contributed by atoms with Crippen molar-refractivity contribution in [1.82, 2.24) is 0 Å². The van der Waals surface area contributed by atoms with E-state index in [4.69, 9.17) is 10.5 Å². The Morgan fingerprint density at radius 2 is 2.04 bits per heavy atom. The molecule has 2 rings (SSSR count). The molecule has 0 bridgehead atoms. The number of nitrogens with two attached hydrogens (primary N) is 1. The number of benzene rings is 1. The molecule has 1 aromatic carbocycles. The van der Waals surface area contributed by atoms with Crippen molar-refractivity contribution >= 4 is 29.0 Å². The number of ether oxygens (including phenoxy) is 1. The van der Waals surface area contributed by atoms with E-state index in [-0.39, 0.29) is 5.91 Å². The van der Waals surface area contributed by atoms with Crippen LogP contribution in [0.3, 0.4) is 0 Å². The van der Waals surface area contributed by atoms with Gasteiger partial charge in [-0.15, -0.1) is 0 Å². The summed E-state index contributed by atoms with van der Waals surface area (Å²) in [7, 11) is 0. The van der Waals surface area contributed by atoms with E-state index in [0.717, 1.165) is 18.4 Å². The molecule has 0 radical (unpaired) electrons. The maximum Gasteiger partial charge on any atom is 0.405 e. The molecule has 3 N–H and O–H groups in total.